The molecule has 2 unspecified atom stereocenters. The zero-order chi connectivity index (χ0) is 13.9. The van der Waals surface area contributed by atoms with E-state index in [2.05, 4.69) is 42.2 Å². The second-order valence-electron chi connectivity index (χ2n) is 7.02. The summed E-state index contributed by atoms with van der Waals surface area (Å²) < 4.78 is 0. The number of nitrogens with two attached hydrogens (primary N) is 1. The lowest BCUT2D eigenvalue weighted by Gasteiger charge is -2.29. The minimum atomic E-state index is 0.164. The van der Waals surface area contributed by atoms with E-state index in [1.165, 1.54) is 44.3 Å². The number of benzene rings is 1. The average Bonchev–Trinajstić information content (AvgIpc) is 3.35. The molecule has 2 saturated carbocycles. The van der Waals surface area contributed by atoms with Gasteiger partial charge in [0.05, 0.1) is 0 Å². The summed E-state index contributed by atoms with van der Waals surface area (Å²) in [4.78, 5) is 2.70. The van der Waals surface area contributed by atoms with E-state index < -0.39 is 0 Å². The van der Waals surface area contributed by atoms with Gasteiger partial charge in [-0.3, -0.25) is 0 Å². The van der Waals surface area contributed by atoms with Gasteiger partial charge in [-0.2, -0.15) is 0 Å². The van der Waals surface area contributed by atoms with E-state index in [4.69, 9.17) is 5.73 Å². The Balaban J connectivity index is 1.55. The second-order valence-corrected chi connectivity index (χ2v) is 7.02. The summed E-state index contributed by atoms with van der Waals surface area (Å²) in [6.07, 6.45) is 5.78. The highest BCUT2D eigenvalue weighted by molar-refractivity contribution is 5.19. The van der Waals surface area contributed by atoms with Crippen molar-refractivity contribution in [2.75, 3.05) is 19.6 Å². The molecular weight excluding hydrogens is 244 g/mol. The van der Waals surface area contributed by atoms with Crippen molar-refractivity contribution in [2.24, 2.45) is 23.5 Å². The van der Waals surface area contributed by atoms with Gasteiger partial charge in [-0.05, 0) is 49.0 Å². The zero-order valence-electron chi connectivity index (χ0n) is 12.7. The third-order valence-corrected chi connectivity index (χ3v) is 4.77. The van der Waals surface area contributed by atoms with Crippen LogP contribution in [-0.2, 0) is 0 Å². The van der Waals surface area contributed by atoms with Crippen molar-refractivity contribution in [1.29, 1.82) is 0 Å². The second kappa shape index (κ2) is 6.28. The van der Waals surface area contributed by atoms with Crippen molar-refractivity contribution >= 4 is 0 Å². The molecule has 0 aromatic heterocycles. The maximum Gasteiger partial charge on any atom is 0.0333 e. The minimum absolute atomic E-state index is 0.164. The van der Waals surface area contributed by atoms with Gasteiger partial charge in [0.1, 0.15) is 0 Å². The summed E-state index contributed by atoms with van der Waals surface area (Å²) in [5, 5.41) is 0. The molecule has 0 saturated heterocycles. The standard InChI is InChI=1S/C18H28N2/c1-14(18(19)17-5-3-2-4-6-17)11-20(12-15-7-8-15)13-16-9-10-16/h2-6,14-16,18H,7-13,19H2,1H3. The van der Waals surface area contributed by atoms with Gasteiger partial charge >= 0.3 is 0 Å². The predicted octanol–water partition coefficient (Wildman–Crippen LogP) is 3.44. The number of hydrogen-bond donors (Lipinski definition) is 1. The first kappa shape index (κ1) is 14.1. The van der Waals surface area contributed by atoms with E-state index in [1.54, 1.807) is 0 Å². The Bertz CT molecular complexity index is 395. The van der Waals surface area contributed by atoms with E-state index in [9.17, 15) is 0 Å². The Labute approximate surface area is 123 Å². The first-order valence-corrected chi connectivity index (χ1v) is 8.25. The normalized spacial score (nSPS) is 21.9. The van der Waals surface area contributed by atoms with E-state index in [-0.39, 0.29) is 6.04 Å². The molecule has 2 fully saturated rings. The predicted molar refractivity (Wildman–Crippen MR) is 84.4 cm³/mol. The Morgan fingerprint density at radius 3 is 2.10 bits per heavy atom. The fraction of sp³-hybridized carbons (Fsp3) is 0.667. The number of rotatable bonds is 8. The van der Waals surface area contributed by atoms with Crippen molar-refractivity contribution in [2.45, 2.75) is 38.6 Å². The summed E-state index contributed by atoms with van der Waals surface area (Å²) in [6.45, 7) is 6.08. The monoisotopic (exact) mass is 272 g/mol. The molecule has 1 aromatic rings. The molecular formula is C18H28N2. The Morgan fingerprint density at radius 2 is 1.60 bits per heavy atom. The van der Waals surface area contributed by atoms with Crippen LogP contribution in [0.25, 0.3) is 0 Å². The van der Waals surface area contributed by atoms with Gasteiger partial charge in [0.2, 0.25) is 0 Å². The molecule has 1 aromatic carbocycles. The molecule has 0 amide bonds. The third kappa shape index (κ3) is 4.07. The lowest BCUT2D eigenvalue weighted by atomic mass is 9.94. The Kier molecular flexibility index (Phi) is 4.42. The van der Waals surface area contributed by atoms with Crippen molar-refractivity contribution in [3.05, 3.63) is 35.9 Å². The van der Waals surface area contributed by atoms with Gasteiger partial charge < -0.3 is 10.6 Å². The largest absolute Gasteiger partial charge is 0.324 e. The van der Waals surface area contributed by atoms with E-state index in [0.29, 0.717) is 5.92 Å². The Morgan fingerprint density at radius 1 is 1.05 bits per heavy atom. The topological polar surface area (TPSA) is 29.3 Å². The molecule has 0 radical (unpaired) electrons. The van der Waals surface area contributed by atoms with Gasteiger partial charge in [0.25, 0.3) is 0 Å². The minimum Gasteiger partial charge on any atom is -0.324 e. The fourth-order valence-corrected chi connectivity index (χ4v) is 3.08. The zero-order valence-corrected chi connectivity index (χ0v) is 12.7. The maximum absolute atomic E-state index is 6.45. The summed E-state index contributed by atoms with van der Waals surface area (Å²) in [5.41, 5.74) is 7.73. The average molecular weight is 272 g/mol. The van der Waals surface area contributed by atoms with Crippen LogP contribution in [0, 0.1) is 17.8 Å². The highest BCUT2D eigenvalue weighted by atomic mass is 15.1. The molecule has 0 heterocycles. The molecule has 2 atom stereocenters. The van der Waals surface area contributed by atoms with Gasteiger partial charge in [0, 0.05) is 25.7 Å². The summed E-state index contributed by atoms with van der Waals surface area (Å²) >= 11 is 0. The van der Waals surface area contributed by atoms with E-state index in [0.717, 1.165) is 18.4 Å². The van der Waals surface area contributed by atoms with Crippen LogP contribution in [0.3, 0.4) is 0 Å². The molecule has 0 aliphatic heterocycles. The lowest BCUT2D eigenvalue weighted by molar-refractivity contribution is 0.206. The van der Waals surface area contributed by atoms with Crippen LogP contribution in [0.2, 0.25) is 0 Å². The third-order valence-electron chi connectivity index (χ3n) is 4.77. The molecule has 2 nitrogen and oxygen atoms in total. The first-order chi connectivity index (χ1) is 9.72. The molecule has 110 valence electrons. The van der Waals surface area contributed by atoms with Gasteiger partial charge in [0.15, 0.2) is 0 Å². The van der Waals surface area contributed by atoms with Gasteiger partial charge in [-0.25, -0.2) is 0 Å². The molecule has 0 spiro atoms. The molecule has 0 bridgehead atoms. The molecule has 3 rings (SSSR count). The SMILES string of the molecule is CC(CN(CC1CC1)CC1CC1)C(N)c1ccccc1. The summed E-state index contributed by atoms with van der Waals surface area (Å²) in [5.74, 6) is 2.48. The quantitative estimate of drug-likeness (QED) is 0.785. The molecule has 2 heteroatoms. The Hall–Kier alpha value is -0.860. The first-order valence-electron chi connectivity index (χ1n) is 8.25. The number of nitrogens with zero attached hydrogens (tertiary/aromatic N) is 1. The van der Waals surface area contributed by atoms with Crippen LogP contribution in [0.1, 0.15) is 44.2 Å². The van der Waals surface area contributed by atoms with Gasteiger partial charge in [-0.15, -0.1) is 0 Å². The molecule has 2 N–H and O–H groups in total. The van der Waals surface area contributed by atoms with Crippen molar-refractivity contribution < 1.29 is 0 Å². The van der Waals surface area contributed by atoms with Crippen molar-refractivity contribution in [1.82, 2.24) is 4.90 Å². The van der Waals surface area contributed by atoms with Crippen LogP contribution in [0.5, 0.6) is 0 Å². The van der Waals surface area contributed by atoms with E-state index >= 15 is 0 Å². The van der Waals surface area contributed by atoms with Crippen LogP contribution in [0.15, 0.2) is 30.3 Å². The van der Waals surface area contributed by atoms with Crippen LogP contribution >= 0.6 is 0 Å². The van der Waals surface area contributed by atoms with Crippen LogP contribution < -0.4 is 5.73 Å². The highest BCUT2D eigenvalue weighted by Crippen LogP contribution is 2.34. The summed E-state index contributed by atoms with van der Waals surface area (Å²) in [7, 11) is 0. The lowest BCUT2D eigenvalue weighted by Crippen LogP contribution is -2.36. The maximum atomic E-state index is 6.45. The summed E-state index contributed by atoms with van der Waals surface area (Å²) in [6, 6.07) is 10.7. The fourth-order valence-electron chi connectivity index (χ4n) is 3.08. The van der Waals surface area contributed by atoms with E-state index in [1.807, 2.05) is 0 Å². The van der Waals surface area contributed by atoms with Crippen molar-refractivity contribution in [3.63, 3.8) is 0 Å². The molecule has 2 aliphatic rings. The van der Waals surface area contributed by atoms with Crippen molar-refractivity contribution in [3.8, 4) is 0 Å². The highest BCUT2D eigenvalue weighted by Gasteiger charge is 2.30. The van der Waals surface area contributed by atoms with Crippen LogP contribution in [-0.4, -0.2) is 24.5 Å². The van der Waals surface area contributed by atoms with Crippen LogP contribution in [0.4, 0.5) is 0 Å². The van der Waals surface area contributed by atoms with Gasteiger partial charge in [-0.1, -0.05) is 37.3 Å². The smallest absolute Gasteiger partial charge is 0.0333 e. The molecule has 2 aliphatic carbocycles. The number of hydrogen-bond acceptors (Lipinski definition) is 2. The molecule has 20 heavy (non-hydrogen) atoms.